The first-order valence-electron chi connectivity index (χ1n) is 7.14. The second-order valence-corrected chi connectivity index (χ2v) is 5.54. The van der Waals surface area contributed by atoms with Gasteiger partial charge in [0.05, 0.1) is 0 Å². The summed E-state index contributed by atoms with van der Waals surface area (Å²) in [5.41, 5.74) is 0. The Kier molecular flexibility index (Phi) is 6.56. The van der Waals surface area contributed by atoms with Gasteiger partial charge in [-0.1, -0.05) is 27.2 Å². The fourth-order valence-corrected chi connectivity index (χ4v) is 2.47. The molecular weight excluding hydrogens is 212 g/mol. The standard InChI is InChI=1S/C14H28N2O/c1-4-13-7-5-6-9-16(13)10-8-14(17)15-11-12(2)3/h12-13H,4-11H2,1-3H3,(H,15,17). The molecule has 0 bridgehead atoms. The van der Waals surface area contributed by atoms with Crippen LogP contribution >= 0.6 is 0 Å². The molecule has 17 heavy (non-hydrogen) atoms. The number of amides is 1. The lowest BCUT2D eigenvalue weighted by molar-refractivity contribution is -0.121. The Morgan fingerprint density at radius 2 is 2.18 bits per heavy atom. The summed E-state index contributed by atoms with van der Waals surface area (Å²) in [6.45, 7) is 9.41. The van der Waals surface area contributed by atoms with Crippen molar-refractivity contribution in [3.8, 4) is 0 Å². The second kappa shape index (κ2) is 7.70. The van der Waals surface area contributed by atoms with Crippen LogP contribution in [-0.2, 0) is 4.79 Å². The first-order chi connectivity index (χ1) is 8.13. The lowest BCUT2D eigenvalue weighted by Gasteiger charge is -2.35. The van der Waals surface area contributed by atoms with Crippen molar-refractivity contribution < 1.29 is 4.79 Å². The van der Waals surface area contributed by atoms with Crippen molar-refractivity contribution in [3.05, 3.63) is 0 Å². The van der Waals surface area contributed by atoms with Gasteiger partial charge in [0.15, 0.2) is 0 Å². The van der Waals surface area contributed by atoms with Gasteiger partial charge >= 0.3 is 0 Å². The molecule has 1 N–H and O–H groups in total. The summed E-state index contributed by atoms with van der Waals surface area (Å²) in [6, 6.07) is 0.710. The molecule has 0 radical (unpaired) electrons. The Bertz CT molecular complexity index is 228. The van der Waals surface area contributed by atoms with E-state index in [1.807, 2.05) is 0 Å². The number of piperidine rings is 1. The van der Waals surface area contributed by atoms with Gasteiger partial charge in [0, 0.05) is 25.6 Å². The Morgan fingerprint density at radius 3 is 2.82 bits per heavy atom. The van der Waals surface area contributed by atoms with Crippen LogP contribution in [0.25, 0.3) is 0 Å². The van der Waals surface area contributed by atoms with E-state index in [2.05, 4.69) is 31.0 Å². The van der Waals surface area contributed by atoms with Gasteiger partial charge in [-0.2, -0.15) is 0 Å². The summed E-state index contributed by atoms with van der Waals surface area (Å²) in [5, 5.41) is 2.99. The molecule has 0 aromatic rings. The van der Waals surface area contributed by atoms with E-state index in [9.17, 15) is 4.79 Å². The number of likely N-dealkylation sites (tertiary alicyclic amines) is 1. The minimum Gasteiger partial charge on any atom is -0.356 e. The van der Waals surface area contributed by atoms with Crippen LogP contribution in [-0.4, -0.2) is 36.5 Å². The zero-order valence-corrected chi connectivity index (χ0v) is 11.7. The zero-order valence-electron chi connectivity index (χ0n) is 11.7. The van der Waals surface area contributed by atoms with Crippen molar-refractivity contribution in [2.45, 2.75) is 58.9 Å². The third-order valence-electron chi connectivity index (χ3n) is 3.55. The van der Waals surface area contributed by atoms with Crippen LogP contribution in [0.4, 0.5) is 0 Å². The van der Waals surface area contributed by atoms with E-state index in [-0.39, 0.29) is 5.91 Å². The molecule has 1 amide bonds. The molecule has 3 nitrogen and oxygen atoms in total. The molecule has 1 unspecified atom stereocenters. The zero-order chi connectivity index (χ0) is 12.7. The highest BCUT2D eigenvalue weighted by atomic mass is 16.1. The van der Waals surface area contributed by atoms with Crippen LogP contribution in [0, 0.1) is 5.92 Å². The molecule has 1 saturated heterocycles. The molecule has 3 heteroatoms. The molecule has 1 aliphatic rings. The van der Waals surface area contributed by atoms with Crippen molar-refractivity contribution in [1.29, 1.82) is 0 Å². The lowest BCUT2D eigenvalue weighted by atomic mass is 10.00. The van der Waals surface area contributed by atoms with Gasteiger partial charge in [0.25, 0.3) is 0 Å². The van der Waals surface area contributed by atoms with E-state index in [1.165, 1.54) is 32.2 Å². The number of hydrogen-bond acceptors (Lipinski definition) is 2. The van der Waals surface area contributed by atoms with Gasteiger partial charge in [-0.3, -0.25) is 9.69 Å². The quantitative estimate of drug-likeness (QED) is 0.773. The van der Waals surface area contributed by atoms with Crippen molar-refractivity contribution in [2.75, 3.05) is 19.6 Å². The molecule has 0 spiro atoms. The average molecular weight is 240 g/mol. The Balaban J connectivity index is 2.21. The Hall–Kier alpha value is -0.570. The van der Waals surface area contributed by atoms with Crippen molar-refractivity contribution >= 4 is 5.91 Å². The maximum Gasteiger partial charge on any atom is 0.221 e. The highest BCUT2D eigenvalue weighted by Crippen LogP contribution is 2.19. The van der Waals surface area contributed by atoms with E-state index in [0.29, 0.717) is 18.4 Å². The highest BCUT2D eigenvalue weighted by Gasteiger charge is 2.20. The molecule has 1 fully saturated rings. The van der Waals surface area contributed by atoms with Crippen molar-refractivity contribution in [3.63, 3.8) is 0 Å². The summed E-state index contributed by atoms with van der Waals surface area (Å²) >= 11 is 0. The molecule has 0 saturated carbocycles. The van der Waals surface area contributed by atoms with E-state index in [4.69, 9.17) is 0 Å². The molecule has 0 aromatic carbocycles. The third kappa shape index (κ3) is 5.53. The first kappa shape index (κ1) is 14.5. The van der Waals surface area contributed by atoms with Crippen molar-refractivity contribution in [1.82, 2.24) is 10.2 Å². The second-order valence-electron chi connectivity index (χ2n) is 5.54. The van der Waals surface area contributed by atoms with Crippen LogP contribution in [0.1, 0.15) is 52.9 Å². The molecule has 0 aliphatic carbocycles. The molecular formula is C14H28N2O. The van der Waals surface area contributed by atoms with Crippen molar-refractivity contribution in [2.24, 2.45) is 5.92 Å². The average Bonchev–Trinajstić information content (AvgIpc) is 2.34. The number of nitrogens with one attached hydrogen (secondary N) is 1. The molecule has 1 aliphatic heterocycles. The van der Waals surface area contributed by atoms with Crippen LogP contribution in [0.3, 0.4) is 0 Å². The van der Waals surface area contributed by atoms with Gasteiger partial charge in [-0.25, -0.2) is 0 Å². The topological polar surface area (TPSA) is 32.3 Å². The monoisotopic (exact) mass is 240 g/mol. The molecule has 100 valence electrons. The number of rotatable bonds is 6. The molecule has 1 rings (SSSR count). The SMILES string of the molecule is CCC1CCCCN1CCC(=O)NCC(C)C. The minimum absolute atomic E-state index is 0.208. The smallest absolute Gasteiger partial charge is 0.221 e. The van der Waals surface area contributed by atoms with Crippen LogP contribution < -0.4 is 5.32 Å². The predicted octanol–water partition coefficient (Wildman–Crippen LogP) is 2.41. The summed E-state index contributed by atoms with van der Waals surface area (Å²) in [6.07, 6.45) is 5.83. The van der Waals surface area contributed by atoms with E-state index in [1.54, 1.807) is 0 Å². The maximum absolute atomic E-state index is 11.6. The summed E-state index contributed by atoms with van der Waals surface area (Å²) in [5.74, 6) is 0.747. The fourth-order valence-electron chi connectivity index (χ4n) is 2.47. The van der Waals surface area contributed by atoms with Gasteiger partial charge < -0.3 is 5.32 Å². The Labute approximate surface area is 106 Å². The van der Waals surface area contributed by atoms with E-state index in [0.717, 1.165) is 13.1 Å². The number of carbonyl (C=O) groups excluding carboxylic acids is 1. The van der Waals surface area contributed by atoms with E-state index >= 15 is 0 Å². The van der Waals surface area contributed by atoms with Gasteiger partial charge in [-0.15, -0.1) is 0 Å². The molecule has 0 aromatic heterocycles. The number of nitrogens with zero attached hydrogens (tertiary/aromatic N) is 1. The number of carbonyl (C=O) groups is 1. The summed E-state index contributed by atoms with van der Waals surface area (Å²) in [4.78, 5) is 14.1. The largest absolute Gasteiger partial charge is 0.356 e. The predicted molar refractivity (Wildman–Crippen MR) is 72.0 cm³/mol. The maximum atomic E-state index is 11.6. The minimum atomic E-state index is 0.208. The van der Waals surface area contributed by atoms with Gasteiger partial charge in [-0.05, 0) is 31.7 Å². The Morgan fingerprint density at radius 1 is 1.41 bits per heavy atom. The lowest BCUT2D eigenvalue weighted by Crippen LogP contribution is -2.41. The van der Waals surface area contributed by atoms with Gasteiger partial charge in [0.2, 0.25) is 5.91 Å². The molecule has 1 atom stereocenters. The van der Waals surface area contributed by atoms with Crippen LogP contribution in [0.2, 0.25) is 0 Å². The summed E-state index contributed by atoms with van der Waals surface area (Å²) in [7, 11) is 0. The third-order valence-corrected chi connectivity index (χ3v) is 3.55. The first-order valence-corrected chi connectivity index (χ1v) is 7.14. The number of hydrogen-bond donors (Lipinski definition) is 1. The van der Waals surface area contributed by atoms with Crippen LogP contribution in [0.15, 0.2) is 0 Å². The molecule has 1 heterocycles. The van der Waals surface area contributed by atoms with E-state index < -0.39 is 0 Å². The normalized spacial score (nSPS) is 21.8. The summed E-state index contributed by atoms with van der Waals surface area (Å²) < 4.78 is 0. The highest BCUT2D eigenvalue weighted by molar-refractivity contribution is 5.76. The fraction of sp³-hybridized carbons (Fsp3) is 0.929. The van der Waals surface area contributed by atoms with Crippen LogP contribution in [0.5, 0.6) is 0 Å². The van der Waals surface area contributed by atoms with Gasteiger partial charge in [0.1, 0.15) is 0 Å².